The van der Waals surface area contributed by atoms with Crippen LogP contribution >= 0.6 is 11.3 Å². The fraction of sp³-hybridized carbons (Fsp3) is 0.231. The highest BCUT2D eigenvalue weighted by Gasteiger charge is 2.12. The second-order valence-corrected chi connectivity index (χ2v) is 4.87. The van der Waals surface area contributed by atoms with Crippen LogP contribution in [0.2, 0.25) is 0 Å². The molecule has 0 saturated carbocycles. The highest BCUT2D eigenvalue weighted by Crippen LogP contribution is 2.31. The molecule has 1 aromatic heterocycles. The fourth-order valence-corrected chi connectivity index (χ4v) is 2.24. The van der Waals surface area contributed by atoms with Crippen LogP contribution in [-0.4, -0.2) is 24.0 Å². The van der Waals surface area contributed by atoms with E-state index in [1.165, 1.54) is 11.3 Å². The van der Waals surface area contributed by atoms with E-state index in [0.29, 0.717) is 5.13 Å². The van der Waals surface area contributed by atoms with Gasteiger partial charge in [0.15, 0.2) is 5.13 Å². The first-order valence-electron chi connectivity index (χ1n) is 5.77. The van der Waals surface area contributed by atoms with Gasteiger partial charge in [-0.2, -0.15) is 0 Å². The molecule has 3 N–H and O–H groups in total. The number of carbonyl (C=O) groups is 1. The summed E-state index contributed by atoms with van der Waals surface area (Å²) in [4.78, 5) is 15.8. The number of methoxy groups -OCH3 is 1. The van der Waals surface area contributed by atoms with E-state index in [1.807, 2.05) is 29.6 Å². The predicted molar refractivity (Wildman–Crippen MR) is 76.4 cm³/mol. The molecular weight excluding hydrogens is 262 g/mol. The third-order valence-corrected chi connectivity index (χ3v) is 3.29. The molecule has 1 atom stereocenters. The maximum Gasteiger partial charge on any atom is 0.242 e. The maximum atomic E-state index is 11.5. The topological polar surface area (TPSA) is 77.2 Å². The molecule has 19 heavy (non-hydrogen) atoms. The zero-order valence-electron chi connectivity index (χ0n) is 10.7. The van der Waals surface area contributed by atoms with Crippen LogP contribution in [-0.2, 0) is 4.79 Å². The second kappa shape index (κ2) is 5.81. The van der Waals surface area contributed by atoms with Gasteiger partial charge in [0, 0.05) is 10.9 Å². The van der Waals surface area contributed by atoms with Crippen LogP contribution in [0.25, 0.3) is 11.3 Å². The molecule has 6 heteroatoms. The SMILES string of the molecule is COc1ccccc1-c1csc(NC(=O)C(C)N)n1. The van der Waals surface area contributed by atoms with Crippen LogP contribution in [0.1, 0.15) is 6.92 Å². The van der Waals surface area contributed by atoms with E-state index in [2.05, 4.69) is 10.3 Å². The molecule has 1 amide bonds. The Morgan fingerprint density at radius 1 is 1.47 bits per heavy atom. The van der Waals surface area contributed by atoms with Crippen molar-refractivity contribution in [1.29, 1.82) is 0 Å². The number of rotatable bonds is 4. The number of nitrogens with one attached hydrogen (secondary N) is 1. The van der Waals surface area contributed by atoms with Crippen molar-refractivity contribution in [1.82, 2.24) is 4.98 Å². The minimum absolute atomic E-state index is 0.249. The van der Waals surface area contributed by atoms with Gasteiger partial charge < -0.3 is 15.8 Å². The Labute approximate surface area is 115 Å². The Hall–Kier alpha value is -1.92. The predicted octanol–water partition coefficient (Wildman–Crippen LogP) is 2.10. The summed E-state index contributed by atoms with van der Waals surface area (Å²) in [5, 5.41) is 5.07. The molecule has 1 heterocycles. The molecule has 0 fully saturated rings. The van der Waals surface area contributed by atoms with Crippen LogP contribution in [0.4, 0.5) is 5.13 Å². The van der Waals surface area contributed by atoms with E-state index in [9.17, 15) is 4.79 Å². The second-order valence-electron chi connectivity index (χ2n) is 4.02. The molecule has 5 nitrogen and oxygen atoms in total. The van der Waals surface area contributed by atoms with Crippen molar-refractivity contribution < 1.29 is 9.53 Å². The zero-order valence-corrected chi connectivity index (χ0v) is 11.5. The number of thiazole rings is 1. The summed E-state index contributed by atoms with van der Waals surface area (Å²) < 4.78 is 5.29. The largest absolute Gasteiger partial charge is 0.496 e. The molecule has 2 rings (SSSR count). The number of hydrogen-bond donors (Lipinski definition) is 2. The molecule has 0 bridgehead atoms. The monoisotopic (exact) mass is 277 g/mol. The van der Waals surface area contributed by atoms with Crippen molar-refractivity contribution in [2.75, 3.05) is 12.4 Å². The number of amides is 1. The molecule has 0 spiro atoms. The van der Waals surface area contributed by atoms with Crippen LogP contribution in [0.3, 0.4) is 0 Å². The lowest BCUT2D eigenvalue weighted by molar-refractivity contribution is -0.117. The normalized spacial score (nSPS) is 11.9. The number of nitrogens with two attached hydrogens (primary N) is 1. The van der Waals surface area contributed by atoms with Crippen LogP contribution in [0, 0.1) is 0 Å². The van der Waals surface area contributed by atoms with Gasteiger partial charge in [0.05, 0.1) is 18.8 Å². The summed E-state index contributed by atoms with van der Waals surface area (Å²) in [6.45, 7) is 1.63. The summed E-state index contributed by atoms with van der Waals surface area (Å²) in [5.74, 6) is 0.499. The van der Waals surface area contributed by atoms with Gasteiger partial charge in [0.25, 0.3) is 0 Å². The van der Waals surface area contributed by atoms with Gasteiger partial charge in [-0.1, -0.05) is 12.1 Å². The summed E-state index contributed by atoms with van der Waals surface area (Å²) in [6.07, 6.45) is 0. The van der Waals surface area contributed by atoms with Gasteiger partial charge in [0.2, 0.25) is 5.91 Å². The van der Waals surface area contributed by atoms with E-state index in [0.717, 1.165) is 17.0 Å². The molecule has 0 aliphatic rings. The quantitative estimate of drug-likeness (QED) is 0.897. The fourth-order valence-electron chi connectivity index (χ4n) is 1.53. The van der Waals surface area contributed by atoms with E-state index >= 15 is 0 Å². The standard InChI is InChI=1S/C13H15N3O2S/c1-8(14)12(17)16-13-15-10(7-19-13)9-5-3-4-6-11(9)18-2/h3-8H,14H2,1-2H3,(H,15,16,17). The van der Waals surface area contributed by atoms with E-state index in [4.69, 9.17) is 10.5 Å². The summed E-state index contributed by atoms with van der Waals surface area (Å²) in [6, 6.07) is 7.05. The Balaban J connectivity index is 2.23. The molecule has 0 aliphatic heterocycles. The minimum Gasteiger partial charge on any atom is -0.496 e. The minimum atomic E-state index is -0.557. The third kappa shape index (κ3) is 3.10. The van der Waals surface area contributed by atoms with Crippen molar-refractivity contribution >= 4 is 22.4 Å². The number of para-hydroxylation sites is 1. The first-order chi connectivity index (χ1) is 9.11. The molecule has 1 aromatic carbocycles. The Kier molecular flexibility index (Phi) is 4.13. The lowest BCUT2D eigenvalue weighted by Crippen LogP contribution is -2.32. The van der Waals surface area contributed by atoms with Crippen molar-refractivity contribution in [3.05, 3.63) is 29.6 Å². The van der Waals surface area contributed by atoms with Gasteiger partial charge >= 0.3 is 0 Å². The third-order valence-electron chi connectivity index (χ3n) is 2.53. The molecule has 2 aromatic rings. The lowest BCUT2D eigenvalue weighted by Gasteiger charge is -2.05. The van der Waals surface area contributed by atoms with E-state index in [-0.39, 0.29) is 5.91 Å². The number of hydrogen-bond acceptors (Lipinski definition) is 5. The Morgan fingerprint density at radius 2 is 2.21 bits per heavy atom. The number of carbonyl (C=O) groups excluding carboxylic acids is 1. The number of nitrogens with zero attached hydrogens (tertiary/aromatic N) is 1. The average molecular weight is 277 g/mol. The maximum absolute atomic E-state index is 11.5. The van der Waals surface area contributed by atoms with Gasteiger partial charge in [-0.05, 0) is 19.1 Å². The molecule has 0 radical (unpaired) electrons. The molecule has 0 aliphatic carbocycles. The van der Waals surface area contributed by atoms with E-state index in [1.54, 1.807) is 14.0 Å². The molecule has 0 saturated heterocycles. The van der Waals surface area contributed by atoms with E-state index < -0.39 is 6.04 Å². The van der Waals surface area contributed by atoms with Crippen LogP contribution < -0.4 is 15.8 Å². The van der Waals surface area contributed by atoms with Crippen molar-refractivity contribution in [3.8, 4) is 17.0 Å². The summed E-state index contributed by atoms with van der Waals surface area (Å²) in [5.41, 5.74) is 7.15. The number of benzene rings is 1. The first-order valence-corrected chi connectivity index (χ1v) is 6.65. The van der Waals surface area contributed by atoms with Crippen LogP contribution in [0.15, 0.2) is 29.6 Å². The van der Waals surface area contributed by atoms with Crippen molar-refractivity contribution in [2.24, 2.45) is 5.73 Å². The van der Waals surface area contributed by atoms with Gasteiger partial charge in [-0.25, -0.2) is 4.98 Å². The number of aromatic nitrogens is 1. The number of anilines is 1. The highest BCUT2D eigenvalue weighted by molar-refractivity contribution is 7.14. The molecule has 100 valence electrons. The van der Waals surface area contributed by atoms with Crippen molar-refractivity contribution in [3.63, 3.8) is 0 Å². The van der Waals surface area contributed by atoms with Gasteiger partial charge in [-0.3, -0.25) is 4.79 Å². The molecular formula is C13H15N3O2S. The highest BCUT2D eigenvalue weighted by atomic mass is 32.1. The van der Waals surface area contributed by atoms with Crippen molar-refractivity contribution in [2.45, 2.75) is 13.0 Å². The Bertz CT molecular complexity index is 581. The molecule has 1 unspecified atom stereocenters. The van der Waals surface area contributed by atoms with Gasteiger partial charge in [0.1, 0.15) is 5.75 Å². The zero-order chi connectivity index (χ0) is 13.8. The first kappa shape index (κ1) is 13.5. The van der Waals surface area contributed by atoms with Gasteiger partial charge in [-0.15, -0.1) is 11.3 Å². The summed E-state index contributed by atoms with van der Waals surface area (Å²) in [7, 11) is 1.62. The smallest absolute Gasteiger partial charge is 0.242 e. The Morgan fingerprint density at radius 3 is 2.89 bits per heavy atom. The average Bonchev–Trinajstić information content (AvgIpc) is 2.86. The number of ether oxygens (including phenoxy) is 1. The van der Waals surface area contributed by atoms with Crippen LogP contribution in [0.5, 0.6) is 5.75 Å². The summed E-state index contributed by atoms with van der Waals surface area (Å²) >= 11 is 1.36. The lowest BCUT2D eigenvalue weighted by atomic mass is 10.1.